The lowest BCUT2D eigenvalue weighted by molar-refractivity contribution is -0.146. The molecule has 2 fully saturated rings. The number of nitrogens with one attached hydrogen (secondary N) is 1. The summed E-state index contributed by atoms with van der Waals surface area (Å²) in [5.41, 5.74) is 0. The van der Waals surface area contributed by atoms with Gasteiger partial charge in [0.15, 0.2) is 0 Å². The first kappa shape index (κ1) is 7.10. The second kappa shape index (κ2) is 2.48. The van der Waals surface area contributed by atoms with E-state index in [1.165, 1.54) is 13.5 Å². The Kier molecular flexibility index (Phi) is 1.60. The highest BCUT2D eigenvalue weighted by molar-refractivity contribution is 5.74. The largest absolute Gasteiger partial charge is 0.469 e. The number of rotatable bonds is 1. The quantitative estimate of drug-likeness (QED) is 0.553. The highest BCUT2D eigenvalue weighted by Crippen LogP contribution is 2.33. The van der Waals surface area contributed by atoms with Crippen LogP contribution in [0.25, 0.3) is 0 Å². The molecule has 0 spiro atoms. The molecule has 1 N–H and O–H groups in total. The Morgan fingerprint density at radius 3 is 2.82 bits per heavy atom. The average Bonchev–Trinajstić information content (AvgIpc) is 2.62. The van der Waals surface area contributed by atoms with Gasteiger partial charge in [-0.25, -0.2) is 0 Å². The number of carbonyl (C=O) groups excluding carboxylic acids is 1. The lowest BCUT2D eigenvalue weighted by atomic mass is 9.89. The Hall–Kier alpha value is -0.570. The van der Waals surface area contributed by atoms with Gasteiger partial charge in [0.2, 0.25) is 0 Å². The van der Waals surface area contributed by atoms with Gasteiger partial charge in [-0.2, -0.15) is 0 Å². The average molecular weight is 155 g/mol. The van der Waals surface area contributed by atoms with Gasteiger partial charge in [0.05, 0.1) is 13.0 Å². The number of methoxy groups -OCH3 is 1. The Balaban J connectivity index is 2.02. The first-order valence-corrected chi connectivity index (χ1v) is 4.15. The molecule has 0 aliphatic carbocycles. The lowest BCUT2D eigenvalue weighted by Crippen LogP contribution is -2.29. The first-order chi connectivity index (χ1) is 5.31. The van der Waals surface area contributed by atoms with Gasteiger partial charge in [0.25, 0.3) is 0 Å². The number of hydrogen-bond donors (Lipinski definition) is 1. The molecule has 3 atom stereocenters. The Bertz CT molecular complexity index is 181. The summed E-state index contributed by atoms with van der Waals surface area (Å²) in [5, 5.41) is 3.39. The third-order valence-electron chi connectivity index (χ3n) is 2.80. The Morgan fingerprint density at radius 1 is 1.55 bits per heavy atom. The summed E-state index contributed by atoms with van der Waals surface area (Å²) in [5.74, 6) is 0.100. The van der Waals surface area contributed by atoms with E-state index in [0.29, 0.717) is 12.1 Å². The summed E-state index contributed by atoms with van der Waals surface area (Å²) >= 11 is 0. The van der Waals surface area contributed by atoms with Gasteiger partial charge in [0, 0.05) is 12.1 Å². The van der Waals surface area contributed by atoms with Crippen LogP contribution in [0.2, 0.25) is 0 Å². The molecular formula is C8H13NO2. The predicted octanol–water partition coefficient (Wildman–Crippen LogP) is 0.300. The van der Waals surface area contributed by atoms with Gasteiger partial charge in [-0.3, -0.25) is 4.79 Å². The summed E-state index contributed by atoms with van der Waals surface area (Å²) in [4.78, 5) is 11.1. The van der Waals surface area contributed by atoms with Crippen LogP contribution in [0.4, 0.5) is 0 Å². The van der Waals surface area contributed by atoms with Crippen molar-refractivity contribution in [1.29, 1.82) is 0 Å². The normalized spacial score (nSPS) is 41.0. The minimum absolute atomic E-state index is 0.0373. The number of hydrogen-bond acceptors (Lipinski definition) is 3. The van der Waals surface area contributed by atoms with Crippen molar-refractivity contribution >= 4 is 5.97 Å². The molecule has 2 bridgehead atoms. The Labute approximate surface area is 66.1 Å². The van der Waals surface area contributed by atoms with Gasteiger partial charge in [-0.15, -0.1) is 0 Å². The van der Waals surface area contributed by atoms with E-state index >= 15 is 0 Å². The van der Waals surface area contributed by atoms with Crippen molar-refractivity contribution in [1.82, 2.24) is 5.32 Å². The number of ether oxygens (including phenoxy) is 1. The number of carbonyl (C=O) groups is 1. The zero-order chi connectivity index (χ0) is 7.84. The molecule has 3 nitrogen and oxygen atoms in total. The fourth-order valence-corrected chi connectivity index (χ4v) is 2.24. The van der Waals surface area contributed by atoms with Crippen LogP contribution < -0.4 is 5.32 Å². The van der Waals surface area contributed by atoms with Crippen LogP contribution in [0.15, 0.2) is 0 Å². The highest BCUT2D eigenvalue weighted by atomic mass is 16.5. The maximum absolute atomic E-state index is 11.1. The monoisotopic (exact) mass is 155 g/mol. The smallest absolute Gasteiger partial charge is 0.310 e. The number of esters is 1. The lowest BCUT2D eigenvalue weighted by Gasteiger charge is -2.16. The molecule has 0 saturated carbocycles. The summed E-state index contributed by atoms with van der Waals surface area (Å²) < 4.78 is 4.71. The Morgan fingerprint density at radius 2 is 2.36 bits per heavy atom. The summed E-state index contributed by atoms with van der Waals surface area (Å²) in [7, 11) is 1.47. The van der Waals surface area contributed by atoms with E-state index in [2.05, 4.69) is 5.32 Å². The van der Waals surface area contributed by atoms with Gasteiger partial charge in [-0.05, 0) is 19.3 Å². The third kappa shape index (κ3) is 1.03. The van der Waals surface area contributed by atoms with Crippen molar-refractivity contribution in [2.75, 3.05) is 7.11 Å². The van der Waals surface area contributed by atoms with Crippen molar-refractivity contribution in [2.24, 2.45) is 5.92 Å². The molecule has 11 heavy (non-hydrogen) atoms. The van der Waals surface area contributed by atoms with Crippen molar-refractivity contribution in [3.8, 4) is 0 Å². The van der Waals surface area contributed by atoms with Crippen LogP contribution in [-0.4, -0.2) is 25.2 Å². The zero-order valence-electron chi connectivity index (χ0n) is 6.67. The molecule has 2 aliphatic rings. The van der Waals surface area contributed by atoms with Crippen molar-refractivity contribution in [3.05, 3.63) is 0 Å². The molecule has 3 heteroatoms. The summed E-state index contributed by atoms with van der Waals surface area (Å²) in [6.45, 7) is 0. The highest BCUT2D eigenvalue weighted by Gasteiger charge is 2.43. The standard InChI is InChI=1S/C8H13NO2/c1-11-8(10)6-4-5-2-3-7(6)9-5/h5-7,9H,2-4H2,1H3/t5-,6+,7-/m1/s1. The van der Waals surface area contributed by atoms with Crippen LogP contribution in [0, 0.1) is 5.92 Å². The molecule has 2 heterocycles. The van der Waals surface area contributed by atoms with E-state index in [1.54, 1.807) is 0 Å². The van der Waals surface area contributed by atoms with E-state index in [9.17, 15) is 4.79 Å². The molecule has 62 valence electrons. The van der Waals surface area contributed by atoms with E-state index in [-0.39, 0.29) is 11.9 Å². The minimum Gasteiger partial charge on any atom is -0.469 e. The maximum atomic E-state index is 11.1. The molecule has 0 aromatic rings. The van der Waals surface area contributed by atoms with Crippen molar-refractivity contribution < 1.29 is 9.53 Å². The molecule has 0 amide bonds. The molecule has 2 saturated heterocycles. The first-order valence-electron chi connectivity index (χ1n) is 4.15. The minimum atomic E-state index is -0.0373. The van der Waals surface area contributed by atoms with E-state index in [0.717, 1.165) is 12.8 Å². The molecule has 0 unspecified atom stereocenters. The van der Waals surface area contributed by atoms with Gasteiger partial charge < -0.3 is 10.1 Å². The fourth-order valence-electron chi connectivity index (χ4n) is 2.24. The zero-order valence-corrected chi connectivity index (χ0v) is 6.67. The maximum Gasteiger partial charge on any atom is 0.310 e. The van der Waals surface area contributed by atoms with Crippen molar-refractivity contribution in [2.45, 2.75) is 31.3 Å². The summed E-state index contributed by atoms with van der Waals surface area (Å²) in [6.07, 6.45) is 3.36. The fraction of sp³-hybridized carbons (Fsp3) is 0.875. The molecule has 0 aromatic carbocycles. The van der Waals surface area contributed by atoms with Gasteiger partial charge >= 0.3 is 5.97 Å². The molecular weight excluding hydrogens is 142 g/mol. The van der Waals surface area contributed by atoms with Crippen LogP contribution in [-0.2, 0) is 9.53 Å². The SMILES string of the molecule is COC(=O)[C@H]1C[C@H]2CC[C@H]1N2. The summed E-state index contributed by atoms with van der Waals surface area (Å²) in [6, 6.07) is 0.997. The topological polar surface area (TPSA) is 38.3 Å². The molecule has 2 aliphatic heterocycles. The molecule has 0 radical (unpaired) electrons. The van der Waals surface area contributed by atoms with Gasteiger partial charge in [0.1, 0.15) is 0 Å². The molecule has 2 rings (SSSR count). The van der Waals surface area contributed by atoms with Crippen LogP contribution >= 0.6 is 0 Å². The molecule has 0 aromatic heterocycles. The van der Waals surface area contributed by atoms with Gasteiger partial charge in [-0.1, -0.05) is 0 Å². The van der Waals surface area contributed by atoms with E-state index in [1.807, 2.05) is 0 Å². The third-order valence-corrected chi connectivity index (χ3v) is 2.80. The van der Waals surface area contributed by atoms with Crippen LogP contribution in [0.1, 0.15) is 19.3 Å². The van der Waals surface area contributed by atoms with Crippen LogP contribution in [0.5, 0.6) is 0 Å². The number of fused-ring (bicyclic) bond motifs is 2. The second-order valence-corrected chi connectivity index (χ2v) is 3.41. The van der Waals surface area contributed by atoms with Crippen LogP contribution in [0.3, 0.4) is 0 Å². The van der Waals surface area contributed by atoms with E-state index < -0.39 is 0 Å². The van der Waals surface area contributed by atoms with E-state index in [4.69, 9.17) is 4.74 Å². The van der Waals surface area contributed by atoms with Crippen molar-refractivity contribution in [3.63, 3.8) is 0 Å². The predicted molar refractivity (Wildman–Crippen MR) is 40.1 cm³/mol. The second-order valence-electron chi connectivity index (χ2n) is 3.41.